The zero-order valence-electron chi connectivity index (χ0n) is 12.9. The van der Waals surface area contributed by atoms with Crippen molar-refractivity contribution in [1.82, 2.24) is 15.1 Å². The summed E-state index contributed by atoms with van der Waals surface area (Å²) < 4.78 is 0. The number of likely N-dealkylation sites (tertiary alicyclic amines) is 1. The van der Waals surface area contributed by atoms with Gasteiger partial charge in [0.15, 0.2) is 0 Å². The molecule has 2 aliphatic heterocycles. The van der Waals surface area contributed by atoms with E-state index in [-0.39, 0.29) is 0 Å². The first-order chi connectivity index (χ1) is 9.85. The Bertz CT molecular complexity index is 333. The lowest BCUT2D eigenvalue weighted by atomic mass is 9.81. The van der Waals surface area contributed by atoms with Crippen molar-refractivity contribution in [3.8, 4) is 0 Å². The molecule has 0 aromatic carbocycles. The lowest BCUT2D eigenvalue weighted by molar-refractivity contribution is 0.127. The molecule has 1 unspecified atom stereocenters. The molecule has 2 saturated heterocycles. The SMILES string of the molecule is C1CCC2(CC1)CN(C1CCN(C3CC3)C1)CCCN2. The van der Waals surface area contributed by atoms with Crippen LogP contribution in [0.2, 0.25) is 0 Å². The number of nitrogens with one attached hydrogen (secondary N) is 1. The first-order valence-corrected chi connectivity index (χ1v) is 9.08. The number of rotatable bonds is 2. The van der Waals surface area contributed by atoms with Crippen LogP contribution in [0.4, 0.5) is 0 Å². The van der Waals surface area contributed by atoms with Crippen molar-refractivity contribution in [3.63, 3.8) is 0 Å². The van der Waals surface area contributed by atoms with Crippen molar-refractivity contribution in [1.29, 1.82) is 0 Å². The second-order valence-electron chi connectivity index (χ2n) is 7.76. The van der Waals surface area contributed by atoms with Gasteiger partial charge in [0, 0.05) is 37.3 Å². The third-order valence-electron chi connectivity index (χ3n) is 6.21. The second kappa shape index (κ2) is 5.58. The lowest BCUT2D eigenvalue weighted by Gasteiger charge is -2.41. The molecule has 1 N–H and O–H groups in total. The Balaban J connectivity index is 1.41. The van der Waals surface area contributed by atoms with E-state index in [1.807, 2.05) is 0 Å². The van der Waals surface area contributed by atoms with Gasteiger partial charge >= 0.3 is 0 Å². The van der Waals surface area contributed by atoms with Crippen molar-refractivity contribution < 1.29 is 0 Å². The van der Waals surface area contributed by atoms with Gasteiger partial charge in [0.2, 0.25) is 0 Å². The molecule has 4 rings (SSSR count). The van der Waals surface area contributed by atoms with E-state index in [2.05, 4.69) is 15.1 Å². The summed E-state index contributed by atoms with van der Waals surface area (Å²) in [6.45, 7) is 6.64. The van der Waals surface area contributed by atoms with Crippen molar-refractivity contribution >= 4 is 0 Å². The maximum Gasteiger partial charge on any atom is 0.0308 e. The van der Waals surface area contributed by atoms with Crippen LogP contribution in [0, 0.1) is 0 Å². The maximum atomic E-state index is 3.94. The fourth-order valence-corrected chi connectivity index (χ4v) is 4.87. The Morgan fingerprint density at radius 3 is 2.45 bits per heavy atom. The van der Waals surface area contributed by atoms with Gasteiger partial charge in [-0.3, -0.25) is 9.80 Å². The van der Waals surface area contributed by atoms with E-state index in [4.69, 9.17) is 0 Å². The average Bonchev–Trinajstić information content (AvgIpc) is 3.24. The minimum Gasteiger partial charge on any atom is -0.310 e. The first-order valence-electron chi connectivity index (χ1n) is 9.08. The standard InChI is InChI=1S/C17H31N3/c1-2-8-17(9-3-1)14-20(11-4-10-18-17)16-7-12-19(13-16)15-5-6-15/h15-16,18H,1-14H2. The molecule has 0 bridgehead atoms. The van der Waals surface area contributed by atoms with Crippen LogP contribution in [-0.4, -0.2) is 60.1 Å². The minimum absolute atomic E-state index is 0.474. The van der Waals surface area contributed by atoms with Gasteiger partial charge in [0.05, 0.1) is 0 Å². The molecule has 4 aliphatic rings. The van der Waals surface area contributed by atoms with E-state index in [9.17, 15) is 0 Å². The molecule has 0 radical (unpaired) electrons. The van der Waals surface area contributed by atoms with Gasteiger partial charge in [-0.15, -0.1) is 0 Å². The molecule has 3 nitrogen and oxygen atoms in total. The van der Waals surface area contributed by atoms with Crippen molar-refractivity contribution in [2.24, 2.45) is 0 Å². The third kappa shape index (κ3) is 2.77. The van der Waals surface area contributed by atoms with Gasteiger partial charge in [-0.25, -0.2) is 0 Å². The van der Waals surface area contributed by atoms with Gasteiger partial charge < -0.3 is 5.32 Å². The van der Waals surface area contributed by atoms with E-state index >= 15 is 0 Å². The highest BCUT2D eigenvalue weighted by Crippen LogP contribution is 2.34. The summed E-state index contributed by atoms with van der Waals surface area (Å²) in [5, 5.41) is 3.94. The maximum absolute atomic E-state index is 3.94. The minimum atomic E-state index is 0.474. The molecule has 114 valence electrons. The summed E-state index contributed by atoms with van der Waals surface area (Å²) in [6, 6.07) is 1.82. The van der Waals surface area contributed by atoms with E-state index in [0.717, 1.165) is 12.1 Å². The third-order valence-corrected chi connectivity index (χ3v) is 6.21. The smallest absolute Gasteiger partial charge is 0.0308 e. The highest BCUT2D eigenvalue weighted by atomic mass is 15.3. The number of nitrogens with zero attached hydrogens (tertiary/aromatic N) is 2. The van der Waals surface area contributed by atoms with E-state index in [1.54, 1.807) is 0 Å². The van der Waals surface area contributed by atoms with Gasteiger partial charge in [-0.2, -0.15) is 0 Å². The van der Waals surface area contributed by atoms with Crippen LogP contribution in [0.5, 0.6) is 0 Å². The van der Waals surface area contributed by atoms with E-state index in [0.29, 0.717) is 5.54 Å². The molecular weight excluding hydrogens is 246 g/mol. The molecule has 20 heavy (non-hydrogen) atoms. The van der Waals surface area contributed by atoms with E-state index in [1.165, 1.54) is 90.5 Å². The van der Waals surface area contributed by atoms with Gasteiger partial charge in [-0.05, 0) is 51.6 Å². The Hall–Kier alpha value is -0.120. The van der Waals surface area contributed by atoms with Crippen molar-refractivity contribution in [2.75, 3.05) is 32.7 Å². The molecular formula is C17H31N3. The van der Waals surface area contributed by atoms with Gasteiger partial charge in [-0.1, -0.05) is 19.3 Å². The molecule has 0 aromatic rings. The summed E-state index contributed by atoms with van der Waals surface area (Å²) in [4.78, 5) is 5.64. The van der Waals surface area contributed by atoms with Gasteiger partial charge in [0.1, 0.15) is 0 Å². The first kappa shape index (κ1) is 13.5. The lowest BCUT2D eigenvalue weighted by Crippen LogP contribution is -2.54. The van der Waals surface area contributed by atoms with Crippen LogP contribution in [-0.2, 0) is 0 Å². The van der Waals surface area contributed by atoms with Crippen LogP contribution in [0.3, 0.4) is 0 Å². The zero-order valence-corrected chi connectivity index (χ0v) is 12.9. The van der Waals surface area contributed by atoms with Crippen LogP contribution in [0.1, 0.15) is 57.8 Å². The molecule has 2 aliphatic carbocycles. The van der Waals surface area contributed by atoms with Crippen LogP contribution < -0.4 is 5.32 Å². The quantitative estimate of drug-likeness (QED) is 0.835. The van der Waals surface area contributed by atoms with Crippen LogP contribution in [0.25, 0.3) is 0 Å². The predicted molar refractivity (Wildman–Crippen MR) is 83.0 cm³/mol. The normalized spacial score (nSPS) is 36.3. The molecule has 0 aromatic heterocycles. The fourth-order valence-electron chi connectivity index (χ4n) is 4.87. The van der Waals surface area contributed by atoms with Crippen LogP contribution in [0.15, 0.2) is 0 Å². The molecule has 3 heteroatoms. The largest absolute Gasteiger partial charge is 0.310 e. The zero-order chi connectivity index (χ0) is 13.4. The van der Waals surface area contributed by atoms with Crippen molar-refractivity contribution in [2.45, 2.75) is 75.4 Å². The topological polar surface area (TPSA) is 18.5 Å². The molecule has 1 spiro atoms. The Labute approximate surface area is 124 Å². The fraction of sp³-hybridized carbons (Fsp3) is 1.00. The van der Waals surface area contributed by atoms with Gasteiger partial charge in [0.25, 0.3) is 0 Å². The second-order valence-corrected chi connectivity index (χ2v) is 7.76. The highest BCUT2D eigenvalue weighted by Gasteiger charge is 2.40. The molecule has 2 saturated carbocycles. The summed E-state index contributed by atoms with van der Waals surface area (Å²) in [5.41, 5.74) is 0.474. The summed E-state index contributed by atoms with van der Waals surface area (Å²) >= 11 is 0. The Morgan fingerprint density at radius 1 is 0.800 bits per heavy atom. The Kier molecular flexibility index (Phi) is 3.78. The molecule has 2 heterocycles. The molecule has 0 amide bonds. The highest BCUT2D eigenvalue weighted by molar-refractivity contribution is 4.99. The van der Waals surface area contributed by atoms with Crippen LogP contribution >= 0.6 is 0 Å². The van der Waals surface area contributed by atoms with Crippen molar-refractivity contribution in [3.05, 3.63) is 0 Å². The van der Waals surface area contributed by atoms with E-state index < -0.39 is 0 Å². The summed E-state index contributed by atoms with van der Waals surface area (Å²) in [6.07, 6.45) is 12.9. The molecule has 1 atom stereocenters. The predicted octanol–water partition coefficient (Wildman–Crippen LogP) is 2.22. The number of hydrogen-bond acceptors (Lipinski definition) is 3. The molecule has 4 fully saturated rings. The summed E-state index contributed by atoms with van der Waals surface area (Å²) in [5.74, 6) is 0. The Morgan fingerprint density at radius 2 is 1.65 bits per heavy atom. The summed E-state index contributed by atoms with van der Waals surface area (Å²) in [7, 11) is 0. The number of hydrogen-bond donors (Lipinski definition) is 1. The average molecular weight is 277 g/mol. The monoisotopic (exact) mass is 277 g/mol.